The van der Waals surface area contributed by atoms with E-state index >= 15 is 0 Å². The minimum Gasteiger partial charge on any atom is -0.496 e. The summed E-state index contributed by atoms with van der Waals surface area (Å²) < 4.78 is 32.7. The number of ether oxygens (including phenoxy) is 1. The number of rotatable bonds is 6. The molecule has 2 aromatic carbocycles. The minimum absolute atomic E-state index is 0.114. The van der Waals surface area contributed by atoms with Gasteiger partial charge in [0.05, 0.1) is 17.6 Å². The summed E-state index contributed by atoms with van der Waals surface area (Å²) in [5.41, 5.74) is 1.96. The summed E-state index contributed by atoms with van der Waals surface area (Å²) in [6, 6.07) is 12.0. The molecule has 28 heavy (non-hydrogen) atoms. The Labute approximate surface area is 166 Å². The molecule has 1 aliphatic rings. The number of nitrogens with zero attached hydrogens (tertiary/aromatic N) is 1. The third-order valence-electron chi connectivity index (χ3n) is 4.96. The van der Waals surface area contributed by atoms with Crippen LogP contribution in [-0.4, -0.2) is 38.8 Å². The van der Waals surface area contributed by atoms with E-state index in [1.807, 2.05) is 25.1 Å². The van der Waals surface area contributed by atoms with Crippen LogP contribution < -0.4 is 10.1 Å². The fourth-order valence-electron chi connectivity index (χ4n) is 3.35. The molecule has 1 heterocycles. The minimum atomic E-state index is -3.63. The Bertz CT molecular complexity index is 951. The number of amides is 1. The standard InChI is InChI=1S/C21H26N2O4S/c1-3-16-8-7-9-17(14-16)22-21(24)19-15-18(10-11-20(19)27-2)28(25,26)23-12-5-4-6-13-23/h7-11,14-15H,3-6,12-13H2,1-2H3,(H,22,24). The number of sulfonamides is 1. The van der Waals surface area contributed by atoms with Crippen LogP contribution in [0, 0.1) is 0 Å². The molecule has 0 saturated carbocycles. The molecule has 6 nitrogen and oxygen atoms in total. The van der Waals surface area contributed by atoms with Crippen molar-refractivity contribution in [2.75, 3.05) is 25.5 Å². The molecule has 2 aromatic rings. The number of methoxy groups -OCH3 is 1. The van der Waals surface area contributed by atoms with Crippen molar-refractivity contribution in [1.82, 2.24) is 4.31 Å². The van der Waals surface area contributed by atoms with E-state index in [-0.39, 0.29) is 10.5 Å². The van der Waals surface area contributed by atoms with Crippen LogP contribution in [0.3, 0.4) is 0 Å². The van der Waals surface area contributed by atoms with Crippen LogP contribution in [-0.2, 0) is 16.4 Å². The van der Waals surface area contributed by atoms with Gasteiger partial charge in [-0.25, -0.2) is 8.42 Å². The average Bonchev–Trinajstić information content (AvgIpc) is 2.74. The van der Waals surface area contributed by atoms with E-state index in [9.17, 15) is 13.2 Å². The first-order chi connectivity index (χ1) is 13.5. The van der Waals surface area contributed by atoms with E-state index in [1.165, 1.54) is 29.6 Å². The van der Waals surface area contributed by atoms with Crippen molar-refractivity contribution in [3.63, 3.8) is 0 Å². The van der Waals surface area contributed by atoms with Crippen LogP contribution in [0.25, 0.3) is 0 Å². The third-order valence-corrected chi connectivity index (χ3v) is 6.86. The highest BCUT2D eigenvalue weighted by Gasteiger charge is 2.27. The average molecular weight is 403 g/mol. The predicted octanol–water partition coefficient (Wildman–Crippen LogP) is 3.68. The molecule has 1 amide bonds. The highest BCUT2D eigenvalue weighted by Crippen LogP contribution is 2.27. The first-order valence-corrected chi connectivity index (χ1v) is 11.0. The van der Waals surface area contributed by atoms with Gasteiger partial charge in [-0.2, -0.15) is 4.31 Å². The number of nitrogens with one attached hydrogen (secondary N) is 1. The summed E-state index contributed by atoms with van der Waals surface area (Å²) in [4.78, 5) is 13.0. The number of carbonyl (C=O) groups excluding carboxylic acids is 1. The van der Waals surface area contributed by atoms with Gasteiger partial charge in [0.15, 0.2) is 0 Å². The van der Waals surface area contributed by atoms with Crippen LogP contribution in [0.1, 0.15) is 42.1 Å². The molecule has 0 bridgehead atoms. The molecule has 150 valence electrons. The monoisotopic (exact) mass is 402 g/mol. The van der Waals surface area contributed by atoms with Crippen LogP contribution >= 0.6 is 0 Å². The maximum absolute atomic E-state index is 13.0. The van der Waals surface area contributed by atoms with E-state index in [0.29, 0.717) is 24.5 Å². The number of anilines is 1. The second kappa shape index (κ2) is 8.75. The summed E-state index contributed by atoms with van der Waals surface area (Å²) in [5.74, 6) is -0.0671. The molecule has 1 saturated heterocycles. The zero-order valence-corrected chi connectivity index (χ0v) is 17.1. The topological polar surface area (TPSA) is 75.7 Å². The van der Waals surface area contributed by atoms with Gasteiger partial charge in [-0.3, -0.25) is 4.79 Å². The molecular weight excluding hydrogens is 376 g/mol. The second-order valence-electron chi connectivity index (χ2n) is 6.83. The van der Waals surface area contributed by atoms with Crippen LogP contribution in [0.2, 0.25) is 0 Å². The van der Waals surface area contributed by atoms with Gasteiger partial charge < -0.3 is 10.1 Å². The number of hydrogen-bond acceptors (Lipinski definition) is 4. The maximum Gasteiger partial charge on any atom is 0.259 e. The van der Waals surface area contributed by atoms with Crippen molar-refractivity contribution in [3.8, 4) is 5.75 Å². The summed E-state index contributed by atoms with van der Waals surface area (Å²) >= 11 is 0. The van der Waals surface area contributed by atoms with E-state index in [2.05, 4.69) is 5.32 Å². The first-order valence-electron chi connectivity index (χ1n) is 9.54. The fourth-order valence-corrected chi connectivity index (χ4v) is 4.89. The molecule has 0 spiro atoms. The molecule has 7 heteroatoms. The number of hydrogen-bond donors (Lipinski definition) is 1. The summed E-state index contributed by atoms with van der Waals surface area (Å²) in [7, 11) is -2.17. The first kappa shape index (κ1) is 20.4. The molecule has 0 atom stereocenters. The van der Waals surface area contributed by atoms with E-state index in [4.69, 9.17) is 4.74 Å². The largest absolute Gasteiger partial charge is 0.496 e. The highest BCUT2D eigenvalue weighted by molar-refractivity contribution is 7.89. The van der Waals surface area contributed by atoms with Gasteiger partial charge in [-0.05, 0) is 55.2 Å². The Kier molecular flexibility index (Phi) is 6.36. The van der Waals surface area contributed by atoms with Gasteiger partial charge in [-0.15, -0.1) is 0 Å². The lowest BCUT2D eigenvalue weighted by Crippen LogP contribution is -2.35. The Hall–Kier alpha value is -2.38. The quantitative estimate of drug-likeness (QED) is 0.800. The van der Waals surface area contributed by atoms with Crippen molar-refractivity contribution in [2.45, 2.75) is 37.5 Å². The lowest BCUT2D eigenvalue weighted by molar-refractivity contribution is 0.102. The summed E-state index contributed by atoms with van der Waals surface area (Å²) in [6.45, 7) is 3.07. The lowest BCUT2D eigenvalue weighted by atomic mass is 10.1. The predicted molar refractivity (Wildman–Crippen MR) is 109 cm³/mol. The zero-order valence-electron chi connectivity index (χ0n) is 16.3. The highest BCUT2D eigenvalue weighted by atomic mass is 32.2. The van der Waals surface area contributed by atoms with E-state index in [0.717, 1.165) is 31.2 Å². The number of aryl methyl sites for hydroxylation is 1. The molecular formula is C21H26N2O4S. The van der Waals surface area contributed by atoms with Crippen molar-refractivity contribution in [1.29, 1.82) is 0 Å². The third kappa shape index (κ3) is 4.36. The van der Waals surface area contributed by atoms with Gasteiger partial charge >= 0.3 is 0 Å². The Morgan fingerprint density at radius 3 is 2.54 bits per heavy atom. The summed E-state index contributed by atoms with van der Waals surface area (Å²) in [6.07, 6.45) is 3.61. The van der Waals surface area contributed by atoms with Crippen LogP contribution in [0.4, 0.5) is 5.69 Å². The Morgan fingerprint density at radius 1 is 1.11 bits per heavy atom. The number of carbonyl (C=O) groups is 1. The van der Waals surface area contributed by atoms with Gasteiger partial charge in [-0.1, -0.05) is 25.5 Å². The van der Waals surface area contributed by atoms with Crippen molar-refractivity contribution in [2.24, 2.45) is 0 Å². The van der Waals surface area contributed by atoms with Gasteiger partial charge in [0.1, 0.15) is 5.75 Å². The summed E-state index contributed by atoms with van der Waals surface area (Å²) in [5, 5.41) is 2.84. The van der Waals surface area contributed by atoms with Crippen LogP contribution in [0.5, 0.6) is 5.75 Å². The molecule has 0 radical (unpaired) electrons. The smallest absolute Gasteiger partial charge is 0.259 e. The van der Waals surface area contributed by atoms with Gasteiger partial charge in [0.2, 0.25) is 10.0 Å². The number of benzene rings is 2. The second-order valence-corrected chi connectivity index (χ2v) is 8.77. The molecule has 0 aliphatic carbocycles. The normalized spacial score (nSPS) is 15.2. The number of piperidine rings is 1. The molecule has 0 aromatic heterocycles. The molecule has 3 rings (SSSR count). The van der Waals surface area contributed by atoms with Gasteiger partial charge in [0.25, 0.3) is 5.91 Å². The van der Waals surface area contributed by atoms with E-state index in [1.54, 1.807) is 6.07 Å². The molecule has 1 N–H and O–H groups in total. The van der Waals surface area contributed by atoms with Crippen LogP contribution in [0.15, 0.2) is 47.4 Å². The fraction of sp³-hybridized carbons (Fsp3) is 0.381. The molecule has 1 fully saturated rings. The lowest BCUT2D eigenvalue weighted by Gasteiger charge is -2.26. The SMILES string of the molecule is CCc1cccc(NC(=O)c2cc(S(=O)(=O)N3CCCCC3)ccc2OC)c1. The Morgan fingerprint density at radius 2 is 1.86 bits per heavy atom. The molecule has 1 aliphatic heterocycles. The van der Waals surface area contributed by atoms with Crippen molar-refractivity contribution >= 4 is 21.6 Å². The Balaban J connectivity index is 1.91. The van der Waals surface area contributed by atoms with E-state index < -0.39 is 15.9 Å². The maximum atomic E-state index is 13.0. The van der Waals surface area contributed by atoms with Gasteiger partial charge in [0, 0.05) is 18.8 Å². The zero-order chi connectivity index (χ0) is 20.1. The van der Waals surface area contributed by atoms with Crippen molar-refractivity contribution < 1.29 is 17.9 Å². The molecule has 0 unspecified atom stereocenters. The van der Waals surface area contributed by atoms with Crippen molar-refractivity contribution in [3.05, 3.63) is 53.6 Å².